The summed E-state index contributed by atoms with van der Waals surface area (Å²) in [7, 11) is 1.49. The maximum atomic E-state index is 14.7. The van der Waals surface area contributed by atoms with Crippen molar-refractivity contribution in [3.8, 4) is 11.3 Å². The minimum Gasteiger partial charge on any atom is -0.352 e. The van der Waals surface area contributed by atoms with Crippen LogP contribution in [-0.4, -0.2) is 19.3 Å². The number of fused-ring (bicyclic) bond motifs is 1. The molecule has 0 bridgehead atoms. The first-order valence-corrected chi connectivity index (χ1v) is 11.7. The largest absolute Gasteiger partial charge is 0.352 e. The molecule has 9 nitrogen and oxygen atoms in total. The first-order chi connectivity index (χ1) is 17.6. The Morgan fingerprint density at radius 2 is 1.84 bits per heavy atom. The van der Waals surface area contributed by atoms with Crippen LogP contribution in [0, 0.1) is 29.8 Å². The molecule has 0 saturated carbocycles. The van der Waals surface area contributed by atoms with Gasteiger partial charge in [-0.15, -0.1) is 6.58 Å². The van der Waals surface area contributed by atoms with Gasteiger partial charge in [0.15, 0.2) is 0 Å². The SMILES string of the molecule is C=CCn1nc(-c2cccc([N+](=O)[O-])c2)c2c(c(Nc3ccc(C)cc3F)c(C)c(=O)n2C)c1=O.CC. The molecule has 4 aromatic rings. The minimum absolute atomic E-state index is 0.0525. The normalized spacial score (nSPS) is 10.5. The predicted octanol–water partition coefficient (Wildman–Crippen LogP) is 5.38. The van der Waals surface area contributed by atoms with Crippen LogP contribution >= 0.6 is 0 Å². The van der Waals surface area contributed by atoms with Crippen LogP contribution in [0.15, 0.2) is 64.7 Å². The molecule has 0 unspecified atom stereocenters. The summed E-state index contributed by atoms with van der Waals surface area (Å²) in [5, 5.41) is 18.8. The number of nitrogens with zero attached hydrogens (tertiary/aromatic N) is 4. The van der Waals surface area contributed by atoms with Crippen molar-refractivity contribution in [1.82, 2.24) is 14.3 Å². The van der Waals surface area contributed by atoms with Gasteiger partial charge in [-0.1, -0.05) is 38.1 Å². The Morgan fingerprint density at radius 3 is 2.46 bits per heavy atom. The molecule has 10 heteroatoms. The van der Waals surface area contributed by atoms with Crippen LogP contribution in [0.25, 0.3) is 22.2 Å². The molecule has 0 fully saturated rings. The lowest BCUT2D eigenvalue weighted by atomic mass is 10.0. The average molecular weight is 506 g/mol. The van der Waals surface area contributed by atoms with E-state index in [9.17, 15) is 24.1 Å². The van der Waals surface area contributed by atoms with E-state index in [4.69, 9.17) is 0 Å². The number of non-ortho nitro benzene ring substituents is 1. The molecular formula is C27H28FN5O4. The zero-order chi connectivity index (χ0) is 27.4. The lowest BCUT2D eigenvalue weighted by Crippen LogP contribution is -2.30. The van der Waals surface area contributed by atoms with Crippen molar-refractivity contribution in [3.05, 3.63) is 103 Å². The summed E-state index contributed by atoms with van der Waals surface area (Å²) < 4.78 is 17.1. The molecule has 0 atom stereocenters. The Balaban J connectivity index is 0.00000186. The number of halogens is 1. The first-order valence-electron chi connectivity index (χ1n) is 11.7. The zero-order valence-electron chi connectivity index (χ0n) is 21.3. The monoisotopic (exact) mass is 505 g/mol. The summed E-state index contributed by atoms with van der Waals surface area (Å²) in [6.45, 7) is 11.0. The minimum atomic E-state index is -0.544. The molecule has 2 aromatic heterocycles. The van der Waals surface area contributed by atoms with E-state index in [1.807, 2.05) is 13.8 Å². The van der Waals surface area contributed by atoms with Crippen molar-refractivity contribution in [2.75, 3.05) is 5.32 Å². The molecule has 0 aliphatic rings. The molecule has 2 aromatic carbocycles. The third-order valence-electron chi connectivity index (χ3n) is 5.73. The number of aromatic nitrogens is 3. The standard InChI is InChI=1S/C25H22FN5O4.C2H6/c1-5-11-30-25(33)20-21(27-19-10-9-14(2)12-18(19)26)15(3)24(32)29(4)23(20)22(28-30)16-7-6-8-17(13-16)31(34)35;1-2/h5-10,12-13,27H,1,11H2,2-4H3;1-2H3. The molecule has 0 spiro atoms. The number of aryl methyl sites for hydroxylation is 2. The molecule has 192 valence electrons. The van der Waals surface area contributed by atoms with Gasteiger partial charge < -0.3 is 9.88 Å². The lowest BCUT2D eigenvalue weighted by Gasteiger charge is -2.19. The highest BCUT2D eigenvalue weighted by molar-refractivity contribution is 6.00. The number of nitrogens with one attached hydrogen (secondary N) is 1. The van der Waals surface area contributed by atoms with Crippen molar-refractivity contribution < 1.29 is 9.31 Å². The molecule has 0 radical (unpaired) electrons. The second-order valence-corrected chi connectivity index (χ2v) is 8.13. The Hall–Kier alpha value is -4.60. The van der Waals surface area contributed by atoms with Gasteiger partial charge in [-0.2, -0.15) is 5.10 Å². The molecule has 1 N–H and O–H groups in total. The van der Waals surface area contributed by atoms with Crippen LogP contribution in [0.5, 0.6) is 0 Å². The van der Waals surface area contributed by atoms with E-state index in [2.05, 4.69) is 17.0 Å². The van der Waals surface area contributed by atoms with Gasteiger partial charge in [-0.3, -0.25) is 19.7 Å². The second kappa shape index (κ2) is 11.0. The summed E-state index contributed by atoms with van der Waals surface area (Å²) in [6.07, 6.45) is 1.49. The fraction of sp³-hybridized carbons (Fsp3) is 0.222. The Morgan fingerprint density at radius 1 is 1.14 bits per heavy atom. The molecular weight excluding hydrogens is 477 g/mol. The van der Waals surface area contributed by atoms with E-state index in [0.717, 1.165) is 4.68 Å². The van der Waals surface area contributed by atoms with Gasteiger partial charge in [0.25, 0.3) is 16.8 Å². The maximum absolute atomic E-state index is 14.7. The number of rotatable bonds is 6. The van der Waals surface area contributed by atoms with Gasteiger partial charge in [0.1, 0.15) is 11.5 Å². The topological polar surface area (TPSA) is 112 Å². The molecule has 0 amide bonds. The number of nitro groups is 1. The number of hydrogen-bond donors (Lipinski definition) is 1. The molecule has 0 saturated heterocycles. The fourth-order valence-electron chi connectivity index (χ4n) is 3.98. The molecule has 2 heterocycles. The van der Waals surface area contributed by atoms with E-state index in [1.165, 1.54) is 48.0 Å². The van der Waals surface area contributed by atoms with Crippen molar-refractivity contribution in [1.29, 1.82) is 0 Å². The van der Waals surface area contributed by atoms with E-state index in [-0.39, 0.29) is 45.8 Å². The number of allylic oxidation sites excluding steroid dienone is 1. The number of anilines is 2. The number of benzene rings is 2. The van der Waals surface area contributed by atoms with Gasteiger partial charge in [-0.25, -0.2) is 9.07 Å². The average Bonchev–Trinajstić information content (AvgIpc) is 2.89. The van der Waals surface area contributed by atoms with Crippen LogP contribution in [0.1, 0.15) is 25.0 Å². The highest BCUT2D eigenvalue weighted by Crippen LogP contribution is 2.32. The first kappa shape index (κ1) is 27.0. The van der Waals surface area contributed by atoms with Crippen molar-refractivity contribution in [2.45, 2.75) is 34.2 Å². The fourth-order valence-corrected chi connectivity index (χ4v) is 3.98. The highest BCUT2D eigenvalue weighted by Gasteiger charge is 2.23. The molecule has 37 heavy (non-hydrogen) atoms. The van der Waals surface area contributed by atoms with Gasteiger partial charge >= 0.3 is 0 Å². The summed E-state index contributed by atoms with van der Waals surface area (Å²) in [5.41, 5.74) is 0.731. The molecule has 4 rings (SSSR count). The van der Waals surface area contributed by atoms with E-state index >= 15 is 0 Å². The molecule has 0 aliphatic heterocycles. The van der Waals surface area contributed by atoms with Crippen molar-refractivity contribution in [2.24, 2.45) is 7.05 Å². The van der Waals surface area contributed by atoms with E-state index < -0.39 is 21.9 Å². The van der Waals surface area contributed by atoms with Crippen LogP contribution < -0.4 is 16.4 Å². The number of hydrogen-bond acceptors (Lipinski definition) is 6. The summed E-state index contributed by atoms with van der Waals surface area (Å²) in [5.74, 6) is -0.544. The highest BCUT2D eigenvalue weighted by atomic mass is 19.1. The maximum Gasteiger partial charge on any atom is 0.278 e. The second-order valence-electron chi connectivity index (χ2n) is 8.13. The smallest absolute Gasteiger partial charge is 0.278 e. The van der Waals surface area contributed by atoms with Crippen molar-refractivity contribution in [3.63, 3.8) is 0 Å². The Bertz CT molecular complexity index is 1640. The predicted molar refractivity (Wildman–Crippen MR) is 144 cm³/mol. The Labute approximate surface area is 212 Å². The molecule has 0 aliphatic carbocycles. The van der Waals surface area contributed by atoms with Gasteiger partial charge in [0, 0.05) is 30.3 Å². The van der Waals surface area contributed by atoms with Crippen LogP contribution in [0.2, 0.25) is 0 Å². The lowest BCUT2D eigenvalue weighted by molar-refractivity contribution is -0.384. The van der Waals surface area contributed by atoms with Crippen LogP contribution in [-0.2, 0) is 13.6 Å². The summed E-state index contributed by atoms with van der Waals surface area (Å²) >= 11 is 0. The van der Waals surface area contributed by atoms with Gasteiger partial charge in [-0.05, 0) is 31.5 Å². The number of nitro benzene ring substituents is 1. The number of pyridine rings is 1. The summed E-state index contributed by atoms with van der Waals surface area (Å²) in [6, 6.07) is 10.3. The van der Waals surface area contributed by atoms with Gasteiger partial charge in [0.2, 0.25) is 0 Å². The van der Waals surface area contributed by atoms with E-state index in [1.54, 1.807) is 26.0 Å². The zero-order valence-corrected chi connectivity index (χ0v) is 21.3. The van der Waals surface area contributed by atoms with Crippen LogP contribution in [0.4, 0.5) is 21.5 Å². The third-order valence-corrected chi connectivity index (χ3v) is 5.73. The Kier molecular flexibility index (Phi) is 8.01. The van der Waals surface area contributed by atoms with Crippen LogP contribution in [0.3, 0.4) is 0 Å². The van der Waals surface area contributed by atoms with Gasteiger partial charge in [0.05, 0.1) is 33.7 Å². The quantitative estimate of drug-likeness (QED) is 0.214. The summed E-state index contributed by atoms with van der Waals surface area (Å²) in [4.78, 5) is 37.5. The third kappa shape index (κ3) is 5.04. The van der Waals surface area contributed by atoms with E-state index in [0.29, 0.717) is 11.1 Å². The van der Waals surface area contributed by atoms with Crippen molar-refractivity contribution >= 4 is 28.0 Å².